The van der Waals surface area contributed by atoms with Gasteiger partial charge in [0.15, 0.2) is 0 Å². The maximum Gasteiger partial charge on any atom is 0.236 e. The van der Waals surface area contributed by atoms with Crippen molar-refractivity contribution in [2.24, 2.45) is 0 Å². The molecule has 6 nitrogen and oxygen atoms in total. The third kappa shape index (κ3) is 4.07. The molecule has 4 heterocycles. The predicted octanol–water partition coefficient (Wildman–Crippen LogP) is 1.66. The van der Waals surface area contributed by atoms with Gasteiger partial charge in [-0.25, -0.2) is 9.97 Å². The summed E-state index contributed by atoms with van der Waals surface area (Å²) in [7, 11) is 2.15. The van der Waals surface area contributed by atoms with Crippen molar-refractivity contribution in [1.29, 1.82) is 0 Å². The van der Waals surface area contributed by atoms with Crippen LogP contribution in [0.15, 0.2) is 6.20 Å². The van der Waals surface area contributed by atoms with Crippen LogP contribution >= 0.6 is 0 Å². The SMILES string of the molecule is CN1CCc2nc([C@@H]3CCCN(CC(=O)N4CCCCC4)C3)ncc2C1. The second kappa shape index (κ2) is 8.01. The Morgan fingerprint density at radius 3 is 2.85 bits per heavy atom. The van der Waals surface area contributed by atoms with E-state index in [0.29, 0.717) is 18.4 Å². The zero-order chi connectivity index (χ0) is 17.9. The first-order valence-electron chi connectivity index (χ1n) is 10.2. The van der Waals surface area contributed by atoms with Crippen molar-refractivity contribution < 1.29 is 4.79 Å². The first kappa shape index (κ1) is 17.9. The molecule has 2 fully saturated rings. The molecule has 0 aromatic carbocycles. The van der Waals surface area contributed by atoms with E-state index in [0.717, 1.165) is 77.2 Å². The maximum absolute atomic E-state index is 12.6. The number of hydrogen-bond acceptors (Lipinski definition) is 5. The minimum atomic E-state index is 0.305. The highest BCUT2D eigenvalue weighted by atomic mass is 16.2. The molecule has 1 atom stereocenters. The Kier molecular flexibility index (Phi) is 5.50. The molecule has 1 aromatic heterocycles. The third-order valence-electron chi connectivity index (χ3n) is 6.08. The van der Waals surface area contributed by atoms with Crippen LogP contribution in [0.1, 0.15) is 55.1 Å². The fourth-order valence-electron chi connectivity index (χ4n) is 4.51. The van der Waals surface area contributed by atoms with E-state index in [4.69, 9.17) is 9.97 Å². The summed E-state index contributed by atoms with van der Waals surface area (Å²) in [4.78, 5) is 28.9. The van der Waals surface area contributed by atoms with Gasteiger partial charge in [0.2, 0.25) is 5.91 Å². The molecule has 0 spiro atoms. The van der Waals surface area contributed by atoms with Crippen molar-refractivity contribution in [1.82, 2.24) is 24.7 Å². The molecule has 1 amide bonds. The van der Waals surface area contributed by atoms with Gasteiger partial charge in [0, 0.05) is 62.5 Å². The highest BCUT2D eigenvalue weighted by Gasteiger charge is 2.27. The van der Waals surface area contributed by atoms with Gasteiger partial charge in [0.05, 0.1) is 6.54 Å². The molecule has 0 aliphatic carbocycles. The van der Waals surface area contributed by atoms with Crippen LogP contribution in [0.4, 0.5) is 0 Å². The molecular formula is C20H31N5O. The molecule has 2 saturated heterocycles. The summed E-state index contributed by atoms with van der Waals surface area (Å²) < 4.78 is 0. The van der Waals surface area contributed by atoms with Gasteiger partial charge in [-0.15, -0.1) is 0 Å². The number of amides is 1. The second-order valence-corrected chi connectivity index (χ2v) is 8.20. The van der Waals surface area contributed by atoms with Crippen LogP contribution < -0.4 is 0 Å². The van der Waals surface area contributed by atoms with Crippen LogP contribution in [0.3, 0.4) is 0 Å². The molecule has 6 heteroatoms. The number of hydrogen-bond donors (Lipinski definition) is 0. The Balaban J connectivity index is 1.38. The van der Waals surface area contributed by atoms with Gasteiger partial charge in [-0.1, -0.05) is 0 Å². The fraction of sp³-hybridized carbons (Fsp3) is 0.750. The summed E-state index contributed by atoms with van der Waals surface area (Å²) in [6.45, 7) is 6.41. The van der Waals surface area contributed by atoms with Crippen molar-refractivity contribution in [3.05, 3.63) is 23.3 Å². The lowest BCUT2D eigenvalue weighted by Gasteiger charge is -2.34. The predicted molar refractivity (Wildman–Crippen MR) is 101 cm³/mol. The summed E-state index contributed by atoms with van der Waals surface area (Å²) in [5.74, 6) is 1.66. The molecule has 0 radical (unpaired) electrons. The van der Waals surface area contributed by atoms with E-state index in [1.807, 2.05) is 6.20 Å². The summed E-state index contributed by atoms with van der Waals surface area (Å²) in [5, 5.41) is 0. The van der Waals surface area contributed by atoms with E-state index in [1.165, 1.54) is 17.7 Å². The molecule has 0 bridgehead atoms. The lowest BCUT2D eigenvalue weighted by Crippen LogP contribution is -2.45. The average molecular weight is 358 g/mol. The summed E-state index contributed by atoms with van der Waals surface area (Å²) in [6, 6.07) is 0. The first-order chi connectivity index (χ1) is 12.7. The maximum atomic E-state index is 12.6. The number of aromatic nitrogens is 2. The van der Waals surface area contributed by atoms with Gasteiger partial charge >= 0.3 is 0 Å². The van der Waals surface area contributed by atoms with E-state index in [-0.39, 0.29) is 0 Å². The van der Waals surface area contributed by atoms with Gasteiger partial charge in [0.25, 0.3) is 0 Å². The molecule has 3 aliphatic heterocycles. The van der Waals surface area contributed by atoms with Crippen LogP contribution in [-0.2, 0) is 17.8 Å². The average Bonchev–Trinajstić information content (AvgIpc) is 2.68. The van der Waals surface area contributed by atoms with Crippen molar-refractivity contribution in [2.45, 2.75) is 51.0 Å². The molecular weight excluding hydrogens is 326 g/mol. The largest absolute Gasteiger partial charge is 0.342 e. The second-order valence-electron chi connectivity index (χ2n) is 8.20. The van der Waals surface area contributed by atoms with Crippen molar-refractivity contribution in [3.63, 3.8) is 0 Å². The zero-order valence-corrected chi connectivity index (χ0v) is 16.0. The van der Waals surface area contributed by atoms with E-state index in [1.54, 1.807) is 0 Å². The summed E-state index contributed by atoms with van der Waals surface area (Å²) >= 11 is 0. The third-order valence-corrected chi connectivity index (χ3v) is 6.08. The van der Waals surface area contributed by atoms with E-state index in [9.17, 15) is 4.79 Å². The number of piperidine rings is 2. The van der Waals surface area contributed by atoms with Gasteiger partial charge in [-0.3, -0.25) is 9.69 Å². The molecule has 0 saturated carbocycles. The number of likely N-dealkylation sites (N-methyl/N-ethyl adjacent to an activating group) is 1. The molecule has 4 rings (SSSR count). The Hall–Kier alpha value is -1.53. The molecule has 1 aromatic rings. The first-order valence-corrected chi connectivity index (χ1v) is 10.2. The van der Waals surface area contributed by atoms with Gasteiger partial charge in [0.1, 0.15) is 5.82 Å². The minimum Gasteiger partial charge on any atom is -0.342 e. The van der Waals surface area contributed by atoms with Crippen LogP contribution in [0.2, 0.25) is 0 Å². The minimum absolute atomic E-state index is 0.305. The molecule has 0 N–H and O–H groups in total. The Bertz CT molecular complexity index is 643. The quantitative estimate of drug-likeness (QED) is 0.823. The molecule has 0 unspecified atom stereocenters. The topological polar surface area (TPSA) is 52.6 Å². The van der Waals surface area contributed by atoms with Crippen molar-refractivity contribution >= 4 is 5.91 Å². The number of carbonyl (C=O) groups excluding carboxylic acids is 1. The summed E-state index contributed by atoms with van der Waals surface area (Å²) in [6.07, 6.45) is 8.89. The normalized spacial score (nSPS) is 25.1. The standard InChI is InChI=1S/C20H31N5O/c1-23-11-7-18-17(13-23)12-21-20(22-18)16-6-5-8-24(14-16)15-19(26)25-9-3-2-4-10-25/h12,16H,2-11,13-15H2,1H3/t16-/m1/s1. The molecule has 3 aliphatic rings. The Labute approximate surface area is 156 Å². The van der Waals surface area contributed by atoms with E-state index in [2.05, 4.69) is 21.7 Å². The molecule has 26 heavy (non-hydrogen) atoms. The fourth-order valence-corrected chi connectivity index (χ4v) is 4.51. The Morgan fingerprint density at radius 1 is 1.15 bits per heavy atom. The number of likely N-dealkylation sites (tertiary alicyclic amines) is 2. The van der Waals surface area contributed by atoms with Crippen molar-refractivity contribution in [3.8, 4) is 0 Å². The van der Waals surface area contributed by atoms with Crippen LogP contribution in [-0.4, -0.2) is 76.9 Å². The summed E-state index contributed by atoms with van der Waals surface area (Å²) in [5.41, 5.74) is 2.50. The van der Waals surface area contributed by atoms with Crippen LogP contribution in [0.25, 0.3) is 0 Å². The van der Waals surface area contributed by atoms with E-state index >= 15 is 0 Å². The monoisotopic (exact) mass is 357 g/mol. The van der Waals surface area contributed by atoms with Crippen LogP contribution in [0, 0.1) is 0 Å². The highest BCUT2D eigenvalue weighted by Crippen LogP contribution is 2.26. The molecule has 142 valence electrons. The number of fused-ring (bicyclic) bond motifs is 1. The van der Waals surface area contributed by atoms with Gasteiger partial charge in [-0.05, 0) is 45.7 Å². The highest BCUT2D eigenvalue weighted by molar-refractivity contribution is 5.78. The van der Waals surface area contributed by atoms with Crippen LogP contribution in [0.5, 0.6) is 0 Å². The van der Waals surface area contributed by atoms with Gasteiger partial charge < -0.3 is 9.80 Å². The van der Waals surface area contributed by atoms with E-state index < -0.39 is 0 Å². The van der Waals surface area contributed by atoms with Gasteiger partial charge in [-0.2, -0.15) is 0 Å². The Morgan fingerprint density at radius 2 is 2.00 bits per heavy atom. The lowest BCUT2D eigenvalue weighted by molar-refractivity contribution is -0.133. The van der Waals surface area contributed by atoms with Crippen molar-refractivity contribution in [2.75, 3.05) is 46.3 Å². The number of rotatable bonds is 3. The smallest absolute Gasteiger partial charge is 0.236 e. The number of nitrogens with zero attached hydrogens (tertiary/aromatic N) is 5. The number of carbonyl (C=O) groups is 1. The lowest BCUT2D eigenvalue weighted by atomic mass is 9.96. The zero-order valence-electron chi connectivity index (χ0n) is 16.0.